The van der Waals surface area contributed by atoms with Gasteiger partial charge in [-0.1, -0.05) is 5.16 Å². The molecule has 1 rings (SSSR count). The number of nitrogens with one attached hydrogen (secondary N) is 1. The molecule has 17 heavy (non-hydrogen) atoms. The predicted octanol–water partition coefficient (Wildman–Crippen LogP) is -1.31. The van der Waals surface area contributed by atoms with Crippen molar-refractivity contribution in [3.8, 4) is 0 Å². The first-order valence-electron chi connectivity index (χ1n) is 4.58. The average Bonchev–Trinajstić information content (AvgIpc) is 2.47. The Hall–Kier alpha value is -0.970. The highest BCUT2D eigenvalue weighted by Crippen LogP contribution is 2.05. The lowest BCUT2D eigenvalue weighted by atomic mass is 10.4. The molecule has 0 saturated carbocycles. The normalized spacial score (nSPS) is 12.8. The van der Waals surface area contributed by atoms with Crippen LogP contribution in [0, 0.1) is 6.92 Å². The van der Waals surface area contributed by atoms with Crippen LogP contribution in [0.2, 0.25) is 0 Å². The number of nitrogens with two attached hydrogens (primary N) is 1. The number of sulfonamides is 2. The quantitative estimate of drug-likeness (QED) is 0.666. The van der Waals surface area contributed by atoms with E-state index in [4.69, 9.17) is 9.66 Å². The summed E-state index contributed by atoms with van der Waals surface area (Å²) >= 11 is 0. The van der Waals surface area contributed by atoms with E-state index in [9.17, 15) is 16.8 Å². The minimum atomic E-state index is -3.68. The summed E-state index contributed by atoms with van der Waals surface area (Å²) in [7, 11) is -7.31. The van der Waals surface area contributed by atoms with E-state index < -0.39 is 25.8 Å². The van der Waals surface area contributed by atoms with E-state index in [2.05, 4.69) is 9.88 Å². The molecule has 1 heterocycles. The van der Waals surface area contributed by atoms with E-state index in [1.54, 1.807) is 6.92 Å². The zero-order valence-corrected chi connectivity index (χ0v) is 10.7. The van der Waals surface area contributed by atoms with Crippen LogP contribution in [0.3, 0.4) is 0 Å². The molecule has 0 aliphatic heterocycles. The van der Waals surface area contributed by atoms with Crippen molar-refractivity contribution >= 4 is 20.0 Å². The summed E-state index contributed by atoms with van der Waals surface area (Å²) in [4.78, 5) is 0. The van der Waals surface area contributed by atoms with Gasteiger partial charge in [0, 0.05) is 12.6 Å². The molecular weight excluding hydrogens is 270 g/mol. The van der Waals surface area contributed by atoms with Gasteiger partial charge in [0.2, 0.25) is 20.0 Å². The molecule has 0 aliphatic carbocycles. The number of aromatic nitrogens is 1. The van der Waals surface area contributed by atoms with Crippen molar-refractivity contribution in [3.05, 3.63) is 17.5 Å². The maximum Gasteiger partial charge on any atom is 0.217 e. The Bertz CT molecular complexity index is 574. The van der Waals surface area contributed by atoms with Crippen molar-refractivity contribution in [3.63, 3.8) is 0 Å². The van der Waals surface area contributed by atoms with Crippen LogP contribution in [0.4, 0.5) is 0 Å². The lowest BCUT2D eigenvalue weighted by Gasteiger charge is -2.03. The second-order valence-electron chi connectivity index (χ2n) is 3.45. The predicted molar refractivity (Wildman–Crippen MR) is 59.8 cm³/mol. The second-order valence-corrected chi connectivity index (χ2v) is 6.99. The lowest BCUT2D eigenvalue weighted by molar-refractivity contribution is 0.392. The van der Waals surface area contributed by atoms with E-state index in [-0.39, 0.29) is 18.0 Å². The molecule has 1 aromatic heterocycles. The molecule has 1 aromatic rings. The highest BCUT2D eigenvalue weighted by atomic mass is 32.2. The van der Waals surface area contributed by atoms with Crippen LogP contribution >= 0.6 is 0 Å². The number of rotatable bonds is 6. The molecule has 0 amide bonds. The summed E-state index contributed by atoms with van der Waals surface area (Å²) in [6.07, 6.45) is 0. The number of hydrogen-bond acceptors (Lipinski definition) is 6. The molecule has 10 heteroatoms. The van der Waals surface area contributed by atoms with Crippen LogP contribution in [0.1, 0.15) is 11.5 Å². The molecule has 0 aromatic carbocycles. The van der Waals surface area contributed by atoms with Gasteiger partial charge in [-0.2, -0.15) is 0 Å². The summed E-state index contributed by atoms with van der Waals surface area (Å²) in [6.45, 7) is 1.37. The Morgan fingerprint density at radius 3 is 2.53 bits per heavy atom. The van der Waals surface area contributed by atoms with Crippen molar-refractivity contribution in [2.24, 2.45) is 5.14 Å². The molecule has 0 spiro atoms. The van der Waals surface area contributed by atoms with Gasteiger partial charge >= 0.3 is 0 Å². The van der Waals surface area contributed by atoms with Crippen LogP contribution in [0.5, 0.6) is 0 Å². The second kappa shape index (κ2) is 5.12. The van der Waals surface area contributed by atoms with Gasteiger partial charge in [-0.15, -0.1) is 0 Å². The van der Waals surface area contributed by atoms with E-state index in [0.29, 0.717) is 5.76 Å². The minimum Gasteiger partial charge on any atom is -0.361 e. The molecular formula is C7H13N3O5S2. The zero-order chi connectivity index (χ0) is 13.1. The summed E-state index contributed by atoms with van der Waals surface area (Å²) in [5.74, 6) is -0.321. The van der Waals surface area contributed by atoms with Gasteiger partial charge in [-0.05, 0) is 6.92 Å². The van der Waals surface area contributed by atoms with E-state index in [0.717, 1.165) is 0 Å². The molecule has 98 valence electrons. The number of aryl methyl sites for hydroxylation is 1. The van der Waals surface area contributed by atoms with Crippen LogP contribution in [0.15, 0.2) is 10.6 Å². The summed E-state index contributed by atoms with van der Waals surface area (Å²) in [5.41, 5.74) is 0.255. The fraction of sp³-hybridized carbons (Fsp3) is 0.571. The average molecular weight is 283 g/mol. The van der Waals surface area contributed by atoms with Crippen LogP contribution in [-0.4, -0.2) is 34.3 Å². The number of primary sulfonamides is 1. The smallest absolute Gasteiger partial charge is 0.217 e. The molecule has 0 aliphatic rings. The summed E-state index contributed by atoms with van der Waals surface area (Å²) in [5, 5.41) is 8.25. The van der Waals surface area contributed by atoms with E-state index >= 15 is 0 Å². The van der Waals surface area contributed by atoms with Gasteiger partial charge in [0.05, 0.1) is 5.75 Å². The van der Waals surface area contributed by atoms with Crippen molar-refractivity contribution in [2.75, 3.05) is 12.3 Å². The Kier molecular flexibility index (Phi) is 4.25. The molecule has 0 atom stereocenters. The van der Waals surface area contributed by atoms with E-state index in [1.807, 2.05) is 0 Å². The Labute approximate surface area is 99.3 Å². The molecule has 0 fully saturated rings. The molecule has 0 bridgehead atoms. The van der Waals surface area contributed by atoms with Crippen molar-refractivity contribution in [2.45, 2.75) is 12.7 Å². The largest absolute Gasteiger partial charge is 0.361 e. The molecule has 8 nitrogen and oxygen atoms in total. The maximum atomic E-state index is 11.5. The maximum absolute atomic E-state index is 11.5. The van der Waals surface area contributed by atoms with Crippen molar-refractivity contribution < 1.29 is 21.4 Å². The third-order valence-electron chi connectivity index (χ3n) is 1.72. The van der Waals surface area contributed by atoms with E-state index in [1.165, 1.54) is 6.07 Å². The standard InChI is InChI=1S/C7H13N3O5S2/c1-6-4-7(10-15-6)5-17(13,14)9-2-3-16(8,11)12/h4,9H,2-3,5H2,1H3,(H2,8,11,12). The van der Waals surface area contributed by atoms with Gasteiger partial charge in [-0.25, -0.2) is 26.7 Å². The van der Waals surface area contributed by atoms with Crippen LogP contribution < -0.4 is 9.86 Å². The molecule has 0 radical (unpaired) electrons. The zero-order valence-electron chi connectivity index (χ0n) is 9.08. The van der Waals surface area contributed by atoms with Gasteiger partial charge in [0.25, 0.3) is 0 Å². The monoisotopic (exact) mass is 283 g/mol. The van der Waals surface area contributed by atoms with Gasteiger partial charge in [0.15, 0.2) is 0 Å². The van der Waals surface area contributed by atoms with Crippen LogP contribution in [0.25, 0.3) is 0 Å². The third kappa shape index (κ3) is 5.77. The SMILES string of the molecule is Cc1cc(CS(=O)(=O)NCCS(N)(=O)=O)no1. The number of hydrogen-bond donors (Lipinski definition) is 2. The summed E-state index contributed by atoms with van der Waals surface area (Å²) < 4.78 is 50.9. The lowest BCUT2D eigenvalue weighted by Crippen LogP contribution is -2.32. The topological polar surface area (TPSA) is 132 Å². The highest BCUT2D eigenvalue weighted by molar-refractivity contribution is 7.89. The number of nitrogens with zero attached hydrogens (tertiary/aromatic N) is 1. The minimum absolute atomic E-state index is 0.255. The third-order valence-corrected chi connectivity index (χ3v) is 3.82. The van der Waals surface area contributed by atoms with Gasteiger partial charge in [-0.3, -0.25) is 0 Å². The van der Waals surface area contributed by atoms with Gasteiger partial charge in [0.1, 0.15) is 17.2 Å². The first kappa shape index (κ1) is 14.1. The molecule has 0 saturated heterocycles. The fourth-order valence-electron chi connectivity index (χ4n) is 1.07. The Morgan fingerprint density at radius 2 is 2.06 bits per heavy atom. The molecule has 0 unspecified atom stereocenters. The van der Waals surface area contributed by atoms with Crippen molar-refractivity contribution in [1.82, 2.24) is 9.88 Å². The van der Waals surface area contributed by atoms with Crippen LogP contribution in [-0.2, 0) is 25.8 Å². The van der Waals surface area contributed by atoms with Crippen molar-refractivity contribution in [1.29, 1.82) is 0 Å². The highest BCUT2D eigenvalue weighted by Gasteiger charge is 2.15. The first-order chi connectivity index (χ1) is 7.68. The first-order valence-corrected chi connectivity index (χ1v) is 7.95. The van der Waals surface area contributed by atoms with Gasteiger partial charge < -0.3 is 4.52 Å². The summed E-state index contributed by atoms with van der Waals surface area (Å²) in [6, 6.07) is 1.49. The molecule has 3 N–H and O–H groups in total. The fourth-order valence-corrected chi connectivity index (χ4v) is 2.63. The Balaban J connectivity index is 2.52. The Morgan fingerprint density at radius 1 is 1.41 bits per heavy atom.